The number of pyridine rings is 1. The first kappa shape index (κ1) is 8.20. The van der Waals surface area contributed by atoms with Gasteiger partial charge in [-0.05, 0) is 28.9 Å². The van der Waals surface area contributed by atoms with Crippen molar-refractivity contribution in [2.75, 3.05) is 0 Å². The molecule has 58 valence electrons. The molecule has 0 unspecified atom stereocenters. The highest BCUT2D eigenvalue weighted by Gasteiger charge is 2.06. The number of hydrogen-bond donors (Lipinski definition) is 1. The highest BCUT2D eigenvalue weighted by molar-refractivity contribution is 9.10. The van der Waals surface area contributed by atoms with Gasteiger partial charge in [-0.2, -0.15) is 0 Å². The van der Waals surface area contributed by atoms with Crippen LogP contribution in [0.5, 0.6) is 5.75 Å². The van der Waals surface area contributed by atoms with Gasteiger partial charge in [0.05, 0.1) is 11.8 Å². The zero-order valence-corrected chi connectivity index (χ0v) is 7.42. The van der Waals surface area contributed by atoms with Crippen LogP contribution in [0.2, 0.25) is 0 Å². The average Bonchev–Trinajstić information content (AvgIpc) is 1.94. The average molecular weight is 216 g/mol. The number of carbonyl (C=O) groups is 1. The number of ketones is 1. The number of aromatic hydroxyl groups is 1. The summed E-state index contributed by atoms with van der Waals surface area (Å²) in [6, 6.07) is 1.48. The number of carbonyl (C=O) groups excluding carboxylic acids is 1. The third-order valence-corrected chi connectivity index (χ3v) is 1.66. The van der Waals surface area contributed by atoms with E-state index in [0.29, 0.717) is 4.60 Å². The summed E-state index contributed by atoms with van der Waals surface area (Å²) in [6.07, 6.45) is 1.24. The zero-order chi connectivity index (χ0) is 8.43. The highest BCUT2D eigenvalue weighted by atomic mass is 79.9. The molecule has 1 heterocycles. The molecule has 1 N–H and O–H groups in total. The minimum atomic E-state index is -0.175. The summed E-state index contributed by atoms with van der Waals surface area (Å²) in [5, 5.41) is 9.10. The lowest BCUT2D eigenvalue weighted by atomic mass is 10.2. The predicted octanol–water partition coefficient (Wildman–Crippen LogP) is 1.75. The third kappa shape index (κ3) is 1.77. The quantitative estimate of drug-likeness (QED) is 0.574. The van der Waals surface area contributed by atoms with Crippen molar-refractivity contribution in [2.24, 2.45) is 0 Å². The molecule has 0 bridgehead atoms. The van der Waals surface area contributed by atoms with Crippen LogP contribution < -0.4 is 0 Å². The summed E-state index contributed by atoms with van der Waals surface area (Å²) in [5.74, 6) is -0.258. The fourth-order valence-corrected chi connectivity index (χ4v) is 1.04. The first-order valence-electron chi connectivity index (χ1n) is 2.96. The van der Waals surface area contributed by atoms with Gasteiger partial charge in [0.25, 0.3) is 0 Å². The molecule has 1 aromatic rings. The van der Waals surface area contributed by atoms with Crippen molar-refractivity contribution in [3.63, 3.8) is 0 Å². The van der Waals surface area contributed by atoms with Gasteiger partial charge >= 0.3 is 0 Å². The van der Waals surface area contributed by atoms with E-state index in [4.69, 9.17) is 5.11 Å². The van der Waals surface area contributed by atoms with Gasteiger partial charge in [-0.15, -0.1) is 0 Å². The second-order valence-electron chi connectivity index (χ2n) is 2.08. The number of halogens is 1. The summed E-state index contributed by atoms with van der Waals surface area (Å²) >= 11 is 3.09. The Labute approximate surface area is 72.2 Å². The fraction of sp³-hybridized carbons (Fsp3) is 0.143. The second-order valence-corrected chi connectivity index (χ2v) is 2.89. The minimum absolute atomic E-state index is 0.0827. The molecule has 0 aliphatic rings. The number of Topliss-reactive ketones (excluding diaryl/α,β-unsaturated/α-hetero) is 1. The molecule has 0 spiro atoms. The molecule has 0 saturated heterocycles. The van der Waals surface area contributed by atoms with Gasteiger partial charge in [-0.25, -0.2) is 4.98 Å². The van der Waals surface area contributed by atoms with Crippen LogP contribution in [-0.4, -0.2) is 15.9 Å². The molecule has 0 fully saturated rings. The van der Waals surface area contributed by atoms with Crippen molar-refractivity contribution in [3.8, 4) is 5.75 Å². The Morgan fingerprint density at radius 2 is 2.36 bits per heavy atom. The summed E-state index contributed by atoms with van der Waals surface area (Å²) in [4.78, 5) is 14.5. The maximum Gasteiger partial charge on any atom is 0.163 e. The molecular formula is C7H6BrNO2. The zero-order valence-electron chi connectivity index (χ0n) is 5.84. The Morgan fingerprint density at radius 3 is 2.82 bits per heavy atom. The lowest BCUT2D eigenvalue weighted by Crippen LogP contribution is -1.93. The summed E-state index contributed by atoms with van der Waals surface area (Å²) in [6.45, 7) is 1.39. The molecule has 0 atom stereocenters. The number of hydrogen-bond acceptors (Lipinski definition) is 3. The Hall–Kier alpha value is -0.900. The van der Waals surface area contributed by atoms with Gasteiger partial charge < -0.3 is 5.11 Å². The number of nitrogens with zero attached hydrogens (tertiary/aromatic N) is 1. The third-order valence-electron chi connectivity index (χ3n) is 1.23. The van der Waals surface area contributed by atoms with Crippen molar-refractivity contribution in [1.82, 2.24) is 4.98 Å². The maximum absolute atomic E-state index is 10.8. The molecule has 4 heteroatoms. The molecular weight excluding hydrogens is 210 g/mol. The minimum Gasteiger partial charge on any atom is -0.506 e. The van der Waals surface area contributed by atoms with Crippen molar-refractivity contribution >= 4 is 21.7 Å². The fourth-order valence-electron chi connectivity index (χ4n) is 0.705. The number of rotatable bonds is 1. The SMILES string of the molecule is CC(=O)c1cc(Br)ncc1O. The normalized spacial score (nSPS) is 9.64. The van der Waals surface area contributed by atoms with Crippen LogP contribution in [0, 0.1) is 0 Å². The van der Waals surface area contributed by atoms with E-state index in [1.54, 1.807) is 0 Å². The molecule has 0 radical (unpaired) electrons. The van der Waals surface area contributed by atoms with Crippen molar-refractivity contribution in [1.29, 1.82) is 0 Å². The predicted molar refractivity (Wildman–Crippen MR) is 43.6 cm³/mol. The van der Waals surface area contributed by atoms with Gasteiger partial charge in [-0.3, -0.25) is 4.79 Å². The molecule has 11 heavy (non-hydrogen) atoms. The van der Waals surface area contributed by atoms with Crippen LogP contribution in [0.4, 0.5) is 0 Å². The van der Waals surface area contributed by atoms with E-state index in [2.05, 4.69) is 20.9 Å². The number of aromatic nitrogens is 1. The smallest absolute Gasteiger partial charge is 0.163 e. The molecule has 3 nitrogen and oxygen atoms in total. The van der Waals surface area contributed by atoms with E-state index in [1.807, 2.05) is 0 Å². The van der Waals surface area contributed by atoms with E-state index in [0.717, 1.165) is 0 Å². The van der Waals surface area contributed by atoms with Gasteiger partial charge in [0.2, 0.25) is 0 Å². The molecule has 1 aromatic heterocycles. The van der Waals surface area contributed by atoms with E-state index in [1.165, 1.54) is 19.2 Å². The summed E-state index contributed by atoms with van der Waals surface area (Å²) in [5.41, 5.74) is 0.284. The molecule has 0 aliphatic carbocycles. The van der Waals surface area contributed by atoms with E-state index < -0.39 is 0 Å². The maximum atomic E-state index is 10.8. The summed E-state index contributed by atoms with van der Waals surface area (Å²) in [7, 11) is 0. The van der Waals surface area contributed by atoms with Crippen LogP contribution in [-0.2, 0) is 0 Å². The molecule has 0 amide bonds. The lowest BCUT2D eigenvalue weighted by molar-refractivity contribution is 0.101. The van der Waals surface area contributed by atoms with Crippen molar-refractivity contribution < 1.29 is 9.90 Å². The van der Waals surface area contributed by atoms with Gasteiger partial charge in [0.1, 0.15) is 10.4 Å². The Morgan fingerprint density at radius 1 is 1.73 bits per heavy atom. The van der Waals surface area contributed by atoms with Crippen molar-refractivity contribution in [2.45, 2.75) is 6.92 Å². The molecule has 0 aromatic carbocycles. The summed E-state index contributed by atoms with van der Waals surface area (Å²) < 4.78 is 0.542. The van der Waals surface area contributed by atoms with E-state index >= 15 is 0 Å². The first-order valence-corrected chi connectivity index (χ1v) is 3.76. The second kappa shape index (κ2) is 3.00. The van der Waals surface area contributed by atoms with Crippen LogP contribution in [0.15, 0.2) is 16.9 Å². The van der Waals surface area contributed by atoms with Gasteiger partial charge in [0, 0.05) is 0 Å². The monoisotopic (exact) mass is 215 g/mol. The van der Waals surface area contributed by atoms with Crippen LogP contribution in [0.25, 0.3) is 0 Å². The molecule has 0 saturated carbocycles. The van der Waals surface area contributed by atoms with Crippen molar-refractivity contribution in [3.05, 3.63) is 22.4 Å². The van der Waals surface area contributed by atoms with Crippen LogP contribution in [0.3, 0.4) is 0 Å². The largest absolute Gasteiger partial charge is 0.506 e. The highest BCUT2D eigenvalue weighted by Crippen LogP contribution is 2.19. The van der Waals surface area contributed by atoms with Crippen LogP contribution in [0.1, 0.15) is 17.3 Å². The van der Waals surface area contributed by atoms with Gasteiger partial charge in [-0.1, -0.05) is 0 Å². The van der Waals surface area contributed by atoms with E-state index in [9.17, 15) is 4.79 Å². The van der Waals surface area contributed by atoms with E-state index in [-0.39, 0.29) is 17.1 Å². The van der Waals surface area contributed by atoms with Crippen LogP contribution >= 0.6 is 15.9 Å². The first-order chi connectivity index (χ1) is 5.11. The Kier molecular flexibility index (Phi) is 2.24. The molecule has 0 aliphatic heterocycles. The van der Waals surface area contributed by atoms with Gasteiger partial charge in [0.15, 0.2) is 5.78 Å². The molecule has 1 rings (SSSR count). The Bertz CT molecular complexity index is 298. The topological polar surface area (TPSA) is 50.2 Å². The standard InChI is InChI=1S/C7H6BrNO2/c1-4(10)5-2-7(8)9-3-6(5)11/h2-3,11H,1H3. The Balaban J connectivity index is 3.23. The lowest BCUT2D eigenvalue weighted by Gasteiger charge is -1.98.